The Kier molecular flexibility index (Phi) is 4.32. The molecule has 1 heterocycles. The second-order valence-corrected chi connectivity index (χ2v) is 6.55. The molecule has 1 amide bonds. The molecule has 2 aliphatic rings. The first kappa shape index (κ1) is 14.0. The van der Waals surface area contributed by atoms with Crippen molar-refractivity contribution in [2.45, 2.75) is 30.3 Å². The summed E-state index contributed by atoms with van der Waals surface area (Å²) in [5, 5.41) is 0. The monoisotopic (exact) mass is 291 g/mol. The maximum atomic E-state index is 12.5. The van der Waals surface area contributed by atoms with Crippen molar-refractivity contribution in [3.63, 3.8) is 0 Å². The van der Waals surface area contributed by atoms with Crippen LogP contribution in [0.15, 0.2) is 29.2 Å². The molecule has 4 heteroatoms. The predicted molar refractivity (Wildman–Crippen MR) is 81.2 cm³/mol. The molecule has 1 saturated heterocycles. The van der Waals surface area contributed by atoms with Crippen molar-refractivity contribution in [3.8, 4) is 0 Å². The molecule has 0 N–H and O–H groups in total. The van der Waals surface area contributed by atoms with Crippen LogP contribution in [-0.4, -0.2) is 42.9 Å². The summed E-state index contributed by atoms with van der Waals surface area (Å²) in [5.74, 6) is 0.927. The second kappa shape index (κ2) is 6.19. The highest BCUT2D eigenvalue weighted by Gasteiger charge is 2.29. The first-order valence-corrected chi connectivity index (χ1v) is 8.53. The van der Waals surface area contributed by atoms with E-state index in [4.69, 9.17) is 4.74 Å². The van der Waals surface area contributed by atoms with Gasteiger partial charge in [-0.2, -0.15) is 0 Å². The lowest BCUT2D eigenvalue weighted by atomic mass is 10.2. The van der Waals surface area contributed by atoms with Crippen molar-refractivity contribution >= 4 is 17.7 Å². The SMILES string of the molecule is CSc1cccc(C(=O)N2CC[C@@H](OCC3CC3)C2)c1. The van der Waals surface area contributed by atoms with Gasteiger partial charge in [0.25, 0.3) is 5.91 Å². The van der Waals surface area contributed by atoms with E-state index in [1.807, 2.05) is 35.4 Å². The summed E-state index contributed by atoms with van der Waals surface area (Å²) >= 11 is 1.67. The molecule has 1 aliphatic heterocycles. The zero-order valence-corrected chi connectivity index (χ0v) is 12.7. The van der Waals surface area contributed by atoms with E-state index >= 15 is 0 Å². The number of benzene rings is 1. The number of ether oxygens (including phenoxy) is 1. The van der Waals surface area contributed by atoms with Gasteiger partial charge in [-0.25, -0.2) is 0 Å². The Morgan fingerprint density at radius 2 is 2.25 bits per heavy atom. The Hall–Kier alpha value is -1.00. The lowest BCUT2D eigenvalue weighted by Gasteiger charge is -2.17. The quantitative estimate of drug-likeness (QED) is 0.781. The molecular weight excluding hydrogens is 270 g/mol. The summed E-state index contributed by atoms with van der Waals surface area (Å²) < 4.78 is 5.89. The number of rotatable bonds is 5. The Balaban J connectivity index is 1.56. The van der Waals surface area contributed by atoms with Crippen LogP contribution >= 0.6 is 11.8 Å². The van der Waals surface area contributed by atoms with E-state index in [0.717, 1.165) is 42.5 Å². The number of hydrogen-bond donors (Lipinski definition) is 0. The van der Waals surface area contributed by atoms with Crippen LogP contribution in [0.25, 0.3) is 0 Å². The number of thioether (sulfide) groups is 1. The van der Waals surface area contributed by atoms with Crippen molar-refractivity contribution in [2.75, 3.05) is 26.0 Å². The van der Waals surface area contributed by atoms with Crippen LogP contribution in [0, 0.1) is 5.92 Å². The maximum absolute atomic E-state index is 12.5. The zero-order valence-electron chi connectivity index (χ0n) is 11.9. The van der Waals surface area contributed by atoms with Gasteiger partial charge in [0.05, 0.1) is 6.10 Å². The van der Waals surface area contributed by atoms with Gasteiger partial charge in [-0.05, 0) is 49.6 Å². The first-order valence-electron chi connectivity index (χ1n) is 7.31. The fraction of sp³-hybridized carbons (Fsp3) is 0.562. The maximum Gasteiger partial charge on any atom is 0.253 e. The van der Waals surface area contributed by atoms with Crippen LogP contribution in [0.5, 0.6) is 0 Å². The number of nitrogens with zero attached hydrogens (tertiary/aromatic N) is 1. The summed E-state index contributed by atoms with van der Waals surface area (Å²) in [4.78, 5) is 15.5. The number of likely N-dealkylation sites (tertiary alicyclic amines) is 1. The van der Waals surface area contributed by atoms with Crippen molar-refractivity contribution in [3.05, 3.63) is 29.8 Å². The molecule has 0 aromatic heterocycles. The standard InChI is InChI=1S/C16H21NO2S/c1-20-15-4-2-3-13(9-15)16(18)17-8-7-14(10-17)19-11-12-5-6-12/h2-4,9,12,14H,5-8,10-11H2,1H3/t14-/m1/s1. The third-order valence-electron chi connectivity index (χ3n) is 4.01. The van der Waals surface area contributed by atoms with Gasteiger partial charge in [0.2, 0.25) is 0 Å². The number of carbonyl (C=O) groups is 1. The third-order valence-corrected chi connectivity index (χ3v) is 4.74. The molecule has 1 aromatic carbocycles. The Morgan fingerprint density at radius 1 is 1.40 bits per heavy atom. The van der Waals surface area contributed by atoms with Crippen LogP contribution in [0.2, 0.25) is 0 Å². The fourth-order valence-electron chi connectivity index (χ4n) is 2.54. The Morgan fingerprint density at radius 3 is 3.00 bits per heavy atom. The minimum Gasteiger partial charge on any atom is -0.376 e. The third kappa shape index (κ3) is 3.36. The van der Waals surface area contributed by atoms with Crippen LogP contribution in [-0.2, 0) is 4.74 Å². The highest BCUT2D eigenvalue weighted by Crippen LogP contribution is 2.30. The molecule has 20 heavy (non-hydrogen) atoms. The molecule has 1 aliphatic carbocycles. The van der Waals surface area contributed by atoms with Gasteiger partial charge in [-0.3, -0.25) is 4.79 Å². The molecule has 0 bridgehead atoms. The van der Waals surface area contributed by atoms with Crippen LogP contribution in [0.4, 0.5) is 0 Å². The van der Waals surface area contributed by atoms with Crippen LogP contribution in [0.3, 0.4) is 0 Å². The van der Waals surface area contributed by atoms with Crippen molar-refractivity contribution in [1.82, 2.24) is 4.90 Å². The largest absolute Gasteiger partial charge is 0.376 e. The molecule has 0 radical (unpaired) electrons. The second-order valence-electron chi connectivity index (χ2n) is 5.67. The van der Waals surface area contributed by atoms with E-state index in [-0.39, 0.29) is 12.0 Å². The number of carbonyl (C=O) groups excluding carboxylic acids is 1. The highest BCUT2D eigenvalue weighted by atomic mass is 32.2. The summed E-state index contributed by atoms with van der Waals surface area (Å²) in [7, 11) is 0. The van der Waals surface area contributed by atoms with Gasteiger partial charge in [0.1, 0.15) is 0 Å². The summed E-state index contributed by atoms with van der Waals surface area (Å²) in [6.07, 6.45) is 5.87. The van der Waals surface area contributed by atoms with Gasteiger partial charge in [0.15, 0.2) is 0 Å². The normalized spacial score (nSPS) is 22.2. The van der Waals surface area contributed by atoms with E-state index in [0.29, 0.717) is 0 Å². The summed E-state index contributed by atoms with van der Waals surface area (Å²) in [6, 6.07) is 7.87. The topological polar surface area (TPSA) is 29.5 Å². The molecule has 108 valence electrons. The van der Waals surface area contributed by atoms with Gasteiger partial charge >= 0.3 is 0 Å². The van der Waals surface area contributed by atoms with E-state index < -0.39 is 0 Å². The minimum absolute atomic E-state index is 0.137. The zero-order chi connectivity index (χ0) is 13.9. The Bertz CT molecular complexity index is 487. The van der Waals surface area contributed by atoms with E-state index in [1.165, 1.54) is 12.8 Å². The van der Waals surface area contributed by atoms with Gasteiger partial charge in [0, 0.05) is 30.2 Å². The number of hydrogen-bond acceptors (Lipinski definition) is 3. The molecule has 1 saturated carbocycles. The molecule has 0 unspecified atom stereocenters. The van der Waals surface area contributed by atoms with E-state index in [9.17, 15) is 4.79 Å². The molecule has 1 aromatic rings. The molecular formula is C16H21NO2S. The molecule has 0 spiro atoms. The number of amides is 1. The molecule has 3 rings (SSSR count). The van der Waals surface area contributed by atoms with Gasteiger partial charge in [-0.1, -0.05) is 6.07 Å². The van der Waals surface area contributed by atoms with Crippen LogP contribution < -0.4 is 0 Å². The highest BCUT2D eigenvalue weighted by molar-refractivity contribution is 7.98. The average Bonchev–Trinajstić information content (AvgIpc) is 3.21. The van der Waals surface area contributed by atoms with E-state index in [2.05, 4.69) is 0 Å². The van der Waals surface area contributed by atoms with Crippen molar-refractivity contribution < 1.29 is 9.53 Å². The smallest absolute Gasteiger partial charge is 0.253 e. The van der Waals surface area contributed by atoms with Gasteiger partial charge in [-0.15, -0.1) is 11.8 Å². The summed E-state index contributed by atoms with van der Waals surface area (Å²) in [6.45, 7) is 2.45. The van der Waals surface area contributed by atoms with Gasteiger partial charge < -0.3 is 9.64 Å². The fourth-order valence-corrected chi connectivity index (χ4v) is 3.00. The Labute approximate surface area is 124 Å². The first-order chi connectivity index (χ1) is 9.76. The van der Waals surface area contributed by atoms with E-state index in [1.54, 1.807) is 11.8 Å². The lowest BCUT2D eigenvalue weighted by Crippen LogP contribution is -2.30. The lowest BCUT2D eigenvalue weighted by molar-refractivity contribution is 0.0480. The predicted octanol–water partition coefficient (Wildman–Crippen LogP) is 3.05. The molecule has 3 nitrogen and oxygen atoms in total. The van der Waals surface area contributed by atoms with Crippen molar-refractivity contribution in [1.29, 1.82) is 0 Å². The minimum atomic E-state index is 0.137. The van der Waals surface area contributed by atoms with Crippen LogP contribution in [0.1, 0.15) is 29.6 Å². The molecule has 2 fully saturated rings. The molecule has 1 atom stereocenters. The summed E-state index contributed by atoms with van der Waals surface area (Å²) in [5.41, 5.74) is 0.791. The average molecular weight is 291 g/mol. The van der Waals surface area contributed by atoms with Crippen molar-refractivity contribution in [2.24, 2.45) is 5.92 Å².